The fraction of sp³-hybridized carbons (Fsp3) is 0.455. The van der Waals surface area contributed by atoms with Crippen LogP contribution in [-0.2, 0) is 10.0 Å². The van der Waals surface area contributed by atoms with Crippen molar-refractivity contribution in [3.63, 3.8) is 0 Å². The molecule has 4 N–H and O–H groups in total. The predicted molar refractivity (Wildman–Crippen MR) is 72.4 cm³/mol. The van der Waals surface area contributed by atoms with Gasteiger partial charge in [-0.25, -0.2) is 17.5 Å². The molecule has 0 aromatic heterocycles. The minimum absolute atomic E-state index is 0.123. The third-order valence-corrected chi connectivity index (χ3v) is 5.11. The molecule has 106 valence electrons. The van der Waals surface area contributed by atoms with E-state index < -0.39 is 26.8 Å². The largest absolute Gasteiger partial charge is 0.398 e. The number of nitrogens with one attached hydrogen (secondary N) is 1. The molecular formula is C11H14BrFN2O3S. The Bertz CT molecular complexity index is 590. The summed E-state index contributed by atoms with van der Waals surface area (Å²) in [4.78, 5) is -0.517. The summed E-state index contributed by atoms with van der Waals surface area (Å²) in [6.45, 7) is -0.123. The summed E-state index contributed by atoms with van der Waals surface area (Å²) in [5.41, 5.74) is 5.67. The summed E-state index contributed by atoms with van der Waals surface area (Å²) >= 11 is 3.02. The fourth-order valence-corrected chi connectivity index (χ4v) is 3.13. The molecule has 1 fully saturated rings. The lowest BCUT2D eigenvalue weighted by atomic mass is 10.2. The van der Waals surface area contributed by atoms with Crippen LogP contribution in [0.1, 0.15) is 12.8 Å². The van der Waals surface area contributed by atoms with E-state index in [-0.39, 0.29) is 18.2 Å². The van der Waals surface area contributed by atoms with Crippen molar-refractivity contribution in [1.82, 2.24) is 4.72 Å². The van der Waals surface area contributed by atoms with Crippen LogP contribution < -0.4 is 10.5 Å². The van der Waals surface area contributed by atoms with E-state index >= 15 is 0 Å². The first-order valence-electron chi connectivity index (χ1n) is 5.73. The van der Waals surface area contributed by atoms with E-state index in [0.717, 1.165) is 25.0 Å². The molecule has 1 aromatic carbocycles. The van der Waals surface area contributed by atoms with Gasteiger partial charge in [0, 0.05) is 16.7 Å². The highest BCUT2D eigenvalue weighted by molar-refractivity contribution is 9.10. The van der Waals surface area contributed by atoms with Crippen LogP contribution in [0.15, 0.2) is 21.5 Å². The summed E-state index contributed by atoms with van der Waals surface area (Å²) in [5, 5.41) is 9.61. The topological polar surface area (TPSA) is 92.4 Å². The van der Waals surface area contributed by atoms with Crippen molar-refractivity contribution >= 4 is 31.6 Å². The Morgan fingerprint density at radius 1 is 1.53 bits per heavy atom. The molecule has 19 heavy (non-hydrogen) atoms. The van der Waals surface area contributed by atoms with Gasteiger partial charge >= 0.3 is 0 Å². The minimum Gasteiger partial charge on any atom is -0.398 e. The van der Waals surface area contributed by atoms with Crippen molar-refractivity contribution in [2.75, 3.05) is 12.3 Å². The van der Waals surface area contributed by atoms with E-state index in [1.165, 1.54) is 0 Å². The van der Waals surface area contributed by atoms with Gasteiger partial charge in [0.2, 0.25) is 10.0 Å². The number of benzene rings is 1. The van der Waals surface area contributed by atoms with Crippen molar-refractivity contribution in [3.05, 3.63) is 22.4 Å². The third-order valence-electron chi connectivity index (χ3n) is 2.99. The first-order valence-corrected chi connectivity index (χ1v) is 8.01. The van der Waals surface area contributed by atoms with Crippen molar-refractivity contribution in [1.29, 1.82) is 0 Å². The van der Waals surface area contributed by atoms with Crippen molar-refractivity contribution in [3.8, 4) is 0 Å². The Balaban J connectivity index is 2.16. The second-order valence-electron chi connectivity index (χ2n) is 4.56. The number of aliphatic hydroxyl groups excluding tert-OH is 1. The Hall–Kier alpha value is -0.700. The summed E-state index contributed by atoms with van der Waals surface area (Å²) < 4.78 is 40.0. The molecule has 1 aromatic rings. The van der Waals surface area contributed by atoms with Gasteiger partial charge in [-0.05, 0) is 46.8 Å². The van der Waals surface area contributed by atoms with E-state index in [0.29, 0.717) is 4.47 Å². The quantitative estimate of drug-likeness (QED) is 0.694. The molecule has 8 heteroatoms. The Kier molecular flexibility index (Phi) is 4.14. The molecule has 0 heterocycles. The van der Waals surface area contributed by atoms with Gasteiger partial charge in [0.1, 0.15) is 10.7 Å². The maximum absolute atomic E-state index is 13.7. The maximum Gasteiger partial charge on any atom is 0.243 e. The van der Waals surface area contributed by atoms with Crippen LogP contribution in [-0.4, -0.2) is 26.2 Å². The van der Waals surface area contributed by atoms with Gasteiger partial charge < -0.3 is 10.8 Å². The predicted octanol–water partition coefficient (Wildman–Crippen LogP) is 1.22. The zero-order valence-electron chi connectivity index (χ0n) is 9.94. The van der Waals surface area contributed by atoms with E-state index in [1.54, 1.807) is 0 Å². The van der Waals surface area contributed by atoms with E-state index in [4.69, 9.17) is 5.73 Å². The maximum atomic E-state index is 13.7. The number of rotatable bonds is 5. The molecule has 0 amide bonds. The van der Waals surface area contributed by atoms with Gasteiger partial charge in [0.15, 0.2) is 0 Å². The highest BCUT2D eigenvalue weighted by Gasteiger charge is 2.31. The Labute approximate surface area is 119 Å². The van der Waals surface area contributed by atoms with Gasteiger partial charge in [-0.1, -0.05) is 0 Å². The van der Waals surface area contributed by atoms with Crippen LogP contribution in [0.2, 0.25) is 0 Å². The Morgan fingerprint density at radius 3 is 2.74 bits per heavy atom. The van der Waals surface area contributed by atoms with Crippen molar-refractivity contribution in [2.24, 2.45) is 5.92 Å². The standard InChI is InChI=1S/C11H14BrFN2O3S/c12-7-3-8(13)11(4-9(7)14)19(17,18)15-5-10(16)6-1-2-6/h3-4,6,10,15-16H,1-2,5,14H2. The minimum atomic E-state index is -4.02. The van der Waals surface area contributed by atoms with Gasteiger partial charge in [-0.2, -0.15) is 0 Å². The number of halogens is 2. The van der Waals surface area contributed by atoms with Gasteiger partial charge in [-0.15, -0.1) is 0 Å². The van der Waals surface area contributed by atoms with Gasteiger partial charge in [0.25, 0.3) is 0 Å². The lowest BCUT2D eigenvalue weighted by Crippen LogP contribution is -2.33. The zero-order chi connectivity index (χ0) is 14.2. The Morgan fingerprint density at radius 2 is 2.16 bits per heavy atom. The number of sulfonamides is 1. The number of anilines is 1. The molecule has 1 aliphatic carbocycles. The first kappa shape index (κ1) is 14.7. The molecule has 1 aliphatic rings. The van der Waals surface area contributed by atoms with Gasteiger partial charge in [-0.3, -0.25) is 0 Å². The average molecular weight is 353 g/mol. The lowest BCUT2D eigenvalue weighted by Gasteiger charge is -2.12. The molecule has 0 aliphatic heterocycles. The molecule has 0 spiro atoms. The van der Waals surface area contributed by atoms with Crippen LogP contribution in [0.25, 0.3) is 0 Å². The summed E-state index contributed by atoms with van der Waals surface area (Å²) in [5.74, 6) is -0.753. The second-order valence-corrected chi connectivity index (χ2v) is 7.15. The molecule has 0 saturated heterocycles. The average Bonchev–Trinajstić information content (AvgIpc) is 3.14. The second kappa shape index (κ2) is 5.35. The van der Waals surface area contributed by atoms with Crippen molar-refractivity contribution < 1.29 is 17.9 Å². The van der Waals surface area contributed by atoms with E-state index in [1.807, 2.05) is 0 Å². The van der Waals surface area contributed by atoms with Crippen LogP contribution in [0, 0.1) is 11.7 Å². The third kappa shape index (κ3) is 3.44. The number of hydrogen-bond donors (Lipinski definition) is 3. The molecule has 1 saturated carbocycles. The number of aliphatic hydroxyl groups is 1. The fourth-order valence-electron chi connectivity index (χ4n) is 1.67. The smallest absolute Gasteiger partial charge is 0.243 e. The highest BCUT2D eigenvalue weighted by atomic mass is 79.9. The molecule has 1 unspecified atom stereocenters. The molecule has 0 bridgehead atoms. The number of nitrogens with two attached hydrogens (primary N) is 1. The molecule has 2 rings (SSSR count). The summed E-state index contributed by atoms with van der Waals surface area (Å²) in [6, 6.07) is 2.05. The van der Waals surface area contributed by atoms with E-state index in [9.17, 15) is 17.9 Å². The SMILES string of the molecule is Nc1cc(S(=O)(=O)NCC(O)C2CC2)c(F)cc1Br. The van der Waals surface area contributed by atoms with Crippen LogP contribution in [0.3, 0.4) is 0 Å². The van der Waals surface area contributed by atoms with Crippen LogP contribution in [0.4, 0.5) is 10.1 Å². The zero-order valence-corrected chi connectivity index (χ0v) is 12.3. The summed E-state index contributed by atoms with van der Waals surface area (Å²) in [7, 11) is -4.02. The number of nitrogen functional groups attached to an aromatic ring is 1. The van der Waals surface area contributed by atoms with Crippen LogP contribution in [0.5, 0.6) is 0 Å². The van der Waals surface area contributed by atoms with Crippen LogP contribution >= 0.6 is 15.9 Å². The normalized spacial score (nSPS) is 17.4. The monoisotopic (exact) mass is 352 g/mol. The molecular weight excluding hydrogens is 339 g/mol. The van der Waals surface area contributed by atoms with Crippen molar-refractivity contribution in [2.45, 2.75) is 23.8 Å². The summed E-state index contributed by atoms with van der Waals surface area (Å²) in [6.07, 6.45) is 1.05. The highest BCUT2D eigenvalue weighted by Crippen LogP contribution is 2.32. The molecule has 1 atom stereocenters. The lowest BCUT2D eigenvalue weighted by molar-refractivity contribution is 0.155. The molecule has 5 nitrogen and oxygen atoms in total. The molecule has 0 radical (unpaired) electrons. The van der Waals surface area contributed by atoms with E-state index in [2.05, 4.69) is 20.7 Å². The number of hydrogen-bond acceptors (Lipinski definition) is 4. The first-order chi connectivity index (χ1) is 8.81. The van der Waals surface area contributed by atoms with Gasteiger partial charge in [0.05, 0.1) is 6.10 Å².